The monoisotopic (exact) mass is 329 g/mol. The summed E-state index contributed by atoms with van der Waals surface area (Å²) in [7, 11) is -3.20. The second-order valence-electron chi connectivity index (χ2n) is 4.93. The van der Waals surface area contributed by atoms with Gasteiger partial charge in [0.25, 0.3) is 0 Å². The normalized spacial score (nSPS) is 19.5. The number of hydrogen-bond donors (Lipinski definition) is 1. The molecule has 116 valence electrons. The maximum atomic E-state index is 12.2. The highest BCUT2D eigenvalue weighted by Crippen LogP contribution is 2.31. The molecule has 1 unspecified atom stereocenters. The second kappa shape index (κ2) is 6.27. The van der Waals surface area contributed by atoms with Crippen molar-refractivity contribution in [3.63, 3.8) is 0 Å². The summed E-state index contributed by atoms with van der Waals surface area (Å²) in [5.41, 5.74) is 0.889. The molecule has 1 saturated heterocycles. The zero-order valence-electron chi connectivity index (χ0n) is 12.1. The Kier molecular flexibility index (Phi) is 4.83. The van der Waals surface area contributed by atoms with E-state index in [0.29, 0.717) is 18.0 Å². The van der Waals surface area contributed by atoms with E-state index in [4.69, 9.17) is 0 Å². The lowest BCUT2D eigenvalue weighted by Gasteiger charge is -2.36. The Morgan fingerprint density at radius 2 is 2.19 bits per heavy atom. The molecular weight excluding hydrogens is 310 g/mol. The first kappa shape index (κ1) is 16.2. The number of hydrogen-bond acceptors (Lipinski definition) is 6. The van der Waals surface area contributed by atoms with Crippen molar-refractivity contribution in [2.24, 2.45) is 0 Å². The fraction of sp³-hybridized carbons (Fsp3) is 0.500. The Morgan fingerprint density at radius 3 is 2.76 bits per heavy atom. The molecule has 1 aliphatic heterocycles. The number of nitrogens with zero attached hydrogens (tertiary/aromatic N) is 1. The van der Waals surface area contributed by atoms with Gasteiger partial charge in [0.15, 0.2) is 15.6 Å². The number of carbonyl (C=O) groups is 1. The maximum absolute atomic E-state index is 12.2. The molecular formula is C14H19NO4S2. The molecule has 0 spiro atoms. The predicted molar refractivity (Wildman–Crippen MR) is 86.0 cm³/mol. The molecule has 1 atom stereocenters. The number of Topliss-reactive ketones (excluding diaryl/α,β-unsaturated/α-hetero) is 1. The van der Waals surface area contributed by atoms with Crippen LogP contribution >= 0.6 is 11.8 Å². The minimum Gasteiger partial charge on any atom is -0.507 e. The molecule has 0 aliphatic carbocycles. The molecule has 1 fully saturated rings. The minimum atomic E-state index is -3.20. The van der Waals surface area contributed by atoms with Crippen LogP contribution in [0.2, 0.25) is 0 Å². The molecule has 0 saturated carbocycles. The van der Waals surface area contributed by atoms with Crippen molar-refractivity contribution in [3.05, 3.63) is 23.8 Å². The molecule has 1 N–H and O–H groups in total. The lowest BCUT2D eigenvalue weighted by molar-refractivity contribution is 0.101. The average molecular weight is 329 g/mol. The van der Waals surface area contributed by atoms with Crippen molar-refractivity contribution in [2.75, 3.05) is 28.7 Å². The van der Waals surface area contributed by atoms with Gasteiger partial charge >= 0.3 is 0 Å². The van der Waals surface area contributed by atoms with Crippen LogP contribution in [0.25, 0.3) is 0 Å². The van der Waals surface area contributed by atoms with E-state index in [2.05, 4.69) is 0 Å². The molecule has 0 radical (unpaired) electrons. The standard InChI is InChI=1S/C14H19NO4S2/c1-3-21(18,19)14-9-20-7-6-15(14)11-4-5-12(10(2)16)13(17)8-11/h4-5,8,14,17H,3,6-7,9H2,1-2H3. The third-order valence-electron chi connectivity index (χ3n) is 3.59. The second-order valence-corrected chi connectivity index (χ2v) is 8.53. The first-order valence-corrected chi connectivity index (χ1v) is 9.63. The molecule has 1 aromatic rings. The highest BCUT2D eigenvalue weighted by atomic mass is 32.2. The molecule has 1 aromatic carbocycles. The number of thioether (sulfide) groups is 1. The van der Waals surface area contributed by atoms with Gasteiger partial charge in [-0.2, -0.15) is 11.8 Å². The number of carbonyl (C=O) groups excluding carboxylic acids is 1. The molecule has 0 aromatic heterocycles. The maximum Gasteiger partial charge on any atom is 0.171 e. The fourth-order valence-electron chi connectivity index (χ4n) is 2.36. The quantitative estimate of drug-likeness (QED) is 0.851. The van der Waals surface area contributed by atoms with Crippen LogP contribution in [0.3, 0.4) is 0 Å². The fourth-order valence-corrected chi connectivity index (χ4v) is 5.35. The van der Waals surface area contributed by atoms with Gasteiger partial charge in [-0.05, 0) is 19.1 Å². The zero-order chi connectivity index (χ0) is 15.6. The smallest absolute Gasteiger partial charge is 0.171 e. The van der Waals surface area contributed by atoms with Crippen molar-refractivity contribution in [1.82, 2.24) is 0 Å². The summed E-state index contributed by atoms with van der Waals surface area (Å²) in [6, 6.07) is 4.72. The van der Waals surface area contributed by atoms with Crippen molar-refractivity contribution in [3.8, 4) is 5.75 Å². The number of aromatic hydroxyl groups is 1. The van der Waals surface area contributed by atoms with E-state index in [9.17, 15) is 18.3 Å². The van der Waals surface area contributed by atoms with E-state index in [-0.39, 0.29) is 22.8 Å². The Bertz CT molecular complexity index is 642. The van der Waals surface area contributed by atoms with E-state index in [0.717, 1.165) is 5.75 Å². The lowest BCUT2D eigenvalue weighted by Crippen LogP contribution is -2.48. The number of phenols is 1. The van der Waals surface area contributed by atoms with E-state index in [1.807, 2.05) is 0 Å². The molecule has 7 heteroatoms. The summed E-state index contributed by atoms with van der Waals surface area (Å²) in [5, 5.41) is 9.36. The van der Waals surface area contributed by atoms with E-state index >= 15 is 0 Å². The highest BCUT2D eigenvalue weighted by molar-refractivity contribution is 8.01. The molecule has 5 nitrogen and oxygen atoms in total. The Labute approximate surface area is 129 Å². The molecule has 0 amide bonds. The Hall–Kier alpha value is -1.21. The molecule has 2 rings (SSSR count). The van der Waals surface area contributed by atoms with Gasteiger partial charge in [0.2, 0.25) is 0 Å². The van der Waals surface area contributed by atoms with Gasteiger partial charge in [-0.3, -0.25) is 4.79 Å². The van der Waals surface area contributed by atoms with Crippen LogP contribution < -0.4 is 4.90 Å². The van der Waals surface area contributed by atoms with Gasteiger partial charge in [0, 0.05) is 35.6 Å². The van der Waals surface area contributed by atoms with Gasteiger partial charge in [-0.1, -0.05) is 6.92 Å². The van der Waals surface area contributed by atoms with Crippen LogP contribution in [0.1, 0.15) is 24.2 Å². The Balaban J connectivity index is 2.38. The van der Waals surface area contributed by atoms with Crippen LogP contribution in [0.5, 0.6) is 5.75 Å². The van der Waals surface area contributed by atoms with Crippen molar-refractivity contribution < 1.29 is 18.3 Å². The van der Waals surface area contributed by atoms with Gasteiger partial charge < -0.3 is 10.0 Å². The number of rotatable bonds is 4. The van der Waals surface area contributed by atoms with Crippen molar-refractivity contribution in [1.29, 1.82) is 0 Å². The average Bonchev–Trinajstić information content (AvgIpc) is 2.46. The summed E-state index contributed by atoms with van der Waals surface area (Å²) < 4.78 is 24.5. The topological polar surface area (TPSA) is 74.7 Å². The first-order valence-electron chi connectivity index (χ1n) is 6.76. The third-order valence-corrected chi connectivity index (χ3v) is 6.88. The summed E-state index contributed by atoms with van der Waals surface area (Å²) >= 11 is 1.62. The van der Waals surface area contributed by atoms with Crippen molar-refractivity contribution in [2.45, 2.75) is 19.2 Å². The third kappa shape index (κ3) is 3.35. The minimum absolute atomic E-state index is 0.0895. The van der Waals surface area contributed by atoms with Crippen LogP contribution in [0.15, 0.2) is 18.2 Å². The van der Waals surface area contributed by atoms with Crippen LogP contribution in [-0.2, 0) is 9.84 Å². The molecule has 1 heterocycles. The summed E-state index contributed by atoms with van der Waals surface area (Å²) in [6.45, 7) is 3.63. The summed E-state index contributed by atoms with van der Waals surface area (Å²) in [6.07, 6.45) is 0. The van der Waals surface area contributed by atoms with Gasteiger partial charge in [-0.15, -0.1) is 0 Å². The molecule has 0 bridgehead atoms. The number of sulfone groups is 1. The molecule has 1 aliphatic rings. The summed E-state index contributed by atoms with van der Waals surface area (Å²) in [5.74, 6) is 1.12. The predicted octanol–water partition coefficient (Wildman–Crippen LogP) is 1.91. The van der Waals surface area contributed by atoms with E-state index in [1.54, 1.807) is 35.7 Å². The zero-order valence-corrected chi connectivity index (χ0v) is 13.7. The molecule has 21 heavy (non-hydrogen) atoms. The van der Waals surface area contributed by atoms with E-state index in [1.165, 1.54) is 13.0 Å². The number of anilines is 1. The first-order chi connectivity index (χ1) is 9.86. The lowest BCUT2D eigenvalue weighted by atomic mass is 10.1. The Morgan fingerprint density at radius 1 is 1.48 bits per heavy atom. The summed E-state index contributed by atoms with van der Waals surface area (Å²) in [4.78, 5) is 13.2. The van der Waals surface area contributed by atoms with Crippen LogP contribution in [-0.4, -0.2) is 48.5 Å². The SMILES string of the molecule is CCS(=O)(=O)C1CSCCN1c1ccc(C(C)=O)c(O)c1. The number of phenolic OH excluding ortho intramolecular Hbond substituents is 1. The highest BCUT2D eigenvalue weighted by Gasteiger charge is 2.33. The van der Waals surface area contributed by atoms with E-state index < -0.39 is 15.2 Å². The number of ketones is 1. The van der Waals surface area contributed by atoms with Crippen molar-refractivity contribution >= 4 is 33.1 Å². The van der Waals surface area contributed by atoms with Gasteiger partial charge in [-0.25, -0.2) is 8.42 Å². The number of benzene rings is 1. The van der Waals surface area contributed by atoms with Crippen LogP contribution in [0, 0.1) is 0 Å². The van der Waals surface area contributed by atoms with Gasteiger partial charge in [0.05, 0.1) is 5.56 Å². The van der Waals surface area contributed by atoms with Gasteiger partial charge in [0.1, 0.15) is 11.1 Å². The largest absolute Gasteiger partial charge is 0.507 e. The van der Waals surface area contributed by atoms with Crippen LogP contribution in [0.4, 0.5) is 5.69 Å².